The first-order valence-corrected chi connectivity index (χ1v) is 5.10. The maximum atomic E-state index is 10.7. The van der Waals surface area contributed by atoms with Crippen LogP contribution in [-0.2, 0) is 4.79 Å². The average Bonchev–Trinajstić information content (AvgIpc) is 2.26. The summed E-state index contributed by atoms with van der Waals surface area (Å²) in [7, 11) is 0. The molecule has 0 aliphatic carbocycles. The van der Waals surface area contributed by atoms with Gasteiger partial charge in [-0.3, -0.25) is 14.9 Å². The van der Waals surface area contributed by atoms with Crippen LogP contribution in [-0.4, -0.2) is 28.0 Å². The Morgan fingerprint density at radius 3 is 2.82 bits per heavy atom. The van der Waals surface area contributed by atoms with Gasteiger partial charge in [-0.1, -0.05) is 6.07 Å². The van der Waals surface area contributed by atoms with Crippen molar-refractivity contribution in [3.8, 4) is 5.75 Å². The highest BCUT2D eigenvalue weighted by molar-refractivity contribution is 6.29. The van der Waals surface area contributed by atoms with Crippen LogP contribution in [0.5, 0.6) is 5.75 Å². The smallest absolute Gasteiger partial charge is 0.325 e. The fraction of sp³-hybridized carbons (Fsp3) is 0.300. The number of carbonyl (C=O) groups is 1. The Kier molecular flexibility index (Phi) is 4.28. The number of nitro benzene ring substituents is 1. The molecule has 0 aliphatic rings. The number of benzene rings is 1. The van der Waals surface area contributed by atoms with Crippen LogP contribution in [0, 0.1) is 17.0 Å². The first-order chi connectivity index (χ1) is 7.91. The Bertz CT molecular complexity index is 448. The summed E-state index contributed by atoms with van der Waals surface area (Å²) in [5, 5.41) is 18.0. The van der Waals surface area contributed by atoms with Gasteiger partial charge in [0.2, 0.25) is 0 Å². The van der Waals surface area contributed by atoms with Crippen molar-refractivity contribution in [3.63, 3.8) is 0 Å². The van der Waals surface area contributed by atoms with Crippen LogP contribution >= 0.6 is 11.6 Å². The molecule has 0 spiro atoms. The number of aryl methyl sites for hydroxylation is 1. The maximum Gasteiger partial charge on any atom is 0.325 e. The van der Waals surface area contributed by atoms with Crippen LogP contribution in [0.1, 0.15) is 5.56 Å². The molecule has 6 nitrogen and oxygen atoms in total. The third-order valence-corrected chi connectivity index (χ3v) is 2.28. The van der Waals surface area contributed by atoms with Gasteiger partial charge in [-0.2, -0.15) is 0 Å². The summed E-state index contributed by atoms with van der Waals surface area (Å²) in [4.78, 5) is 20.6. The average molecular weight is 260 g/mol. The van der Waals surface area contributed by atoms with Gasteiger partial charge >= 0.3 is 11.7 Å². The van der Waals surface area contributed by atoms with Gasteiger partial charge in [-0.25, -0.2) is 0 Å². The third-order valence-electron chi connectivity index (χ3n) is 1.96. The van der Waals surface area contributed by atoms with Gasteiger partial charge in [0.1, 0.15) is 6.61 Å². The number of ether oxygens (including phenoxy) is 1. The largest absolute Gasteiger partial charge is 0.485 e. The molecular formula is C10H10ClNO5. The topological polar surface area (TPSA) is 89.7 Å². The number of aliphatic carboxylic acids is 1. The number of nitrogens with zero attached hydrogens (tertiary/aromatic N) is 1. The Morgan fingerprint density at radius 1 is 1.65 bits per heavy atom. The van der Waals surface area contributed by atoms with Gasteiger partial charge in [-0.15, -0.1) is 11.6 Å². The van der Waals surface area contributed by atoms with Crippen LogP contribution in [0.25, 0.3) is 0 Å². The summed E-state index contributed by atoms with van der Waals surface area (Å²) < 4.78 is 5.02. The Hall–Kier alpha value is -1.82. The molecule has 0 heterocycles. The molecule has 1 N–H and O–H groups in total. The molecule has 7 heteroatoms. The van der Waals surface area contributed by atoms with Gasteiger partial charge in [0.25, 0.3) is 0 Å². The molecule has 1 rings (SSSR count). The summed E-state index contributed by atoms with van der Waals surface area (Å²) in [6.45, 7) is 1.37. The molecule has 0 aromatic heterocycles. The van der Waals surface area contributed by atoms with E-state index >= 15 is 0 Å². The number of alkyl halides is 1. The van der Waals surface area contributed by atoms with Gasteiger partial charge < -0.3 is 9.84 Å². The molecule has 0 radical (unpaired) electrons. The quantitative estimate of drug-likeness (QED) is 0.496. The van der Waals surface area contributed by atoms with E-state index < -0.39 is 16.3 Å². The minimum Gasteiger partial charge on any atom is -0.485 e. The highest BCUT2D eigenvalue weighted by Gasteiger charge is 2.19. The van der Waals surface area contributed by atoms with Gasteiger partial charge in [0.05, 0.1) is 4.92 Å². The van der Waals surface area contributed by atoms with Crippen LogP contribution in [0.4, 0.5) is 5.69 Å². The highest BCUT2D eigenvalue weighted by Crippen LogP contribution is 2.27. The van der Waals surface area contributed by atoms with Crippen molar-refractivity contribution in [2.75, 3.05) is 6.61 Å². The fourth-order valence-corrected chi connectivity index (χ4v) is 1.19. The first-order valence-electron chi connectivity index (χ1n) is 4.66. The van der Waals surface area contributed by atoms with E-state index in [4.69, 9.17) is 21.4 Å². The van der Waals surface area contributed by atoms with Crippen LogP contribution < -0.4 is 4.74 Å². The van der Waals surface area contributed by atoms with E-state index in [2.05, 4.69) is 0 Å². The van der Waals surface area contributed by atoms with Crippen LogP contribution in [0.3, 0.4) is 0 Å². The van der Waals surface area contributed by atoms with Crippen molar-refractivity contribution < 1.29 is 19.6 Å². The van der Waals surface area contributed by atoms with Crippen molar-refractivity contribution in [2.24, 2.45) is 0 Å². The number of carboxylic acids is 1. The Balaban J connectivity index is 2.84. The lowest BCUT2D eigenvalue weighted by Gasteiger charge is -2.08. The molecule has 1 unspecified atom stereocenters. The molecule has 0 saturated heterocycles. The third kappa shape index (κ3) is 3.60. The number of rotatable bonds is 5. The maximum absolute atomic E-state index is 10.7. The summed E-state index contributed by atoms with van der Waals surface area (Å²) in [6, 6.07) is 4.39. The van der Waals surface area contributed by atoms with Gasteiger partial charge in [-0.05, 0) is 18.6 Å². The summed E-state index contributed by atoms with van der Waals surface area (Å²) in [6.07, 6.45) is 0. The van der Waals surface area contributed by atoms with Crippen molar-refractivity contribution in [1.29, 1.82) is 0 Å². The van der Waals surface area contributed by atoms with Crippen molar-refractivity contribution in [2.45, 2.75) is 12.3 Å². The second kappa shape index (κ2) is 5.49. The minimum absolute atomic E-state index is 0.00694. The number of halogens is 1. The SMILES string of the molecule is Cc1ccc(OCC(Cl)C(=O)O)c([N+](=O)[O-])c1. The molecule has 92 valence electrons. The van der Waals surface area contributed by atoms with Crippen LogP contribution in [0.15, 0.2) is 18.2 Å². The summed E-state index contributed by atoms with van der Waals surface area (Å²) in [5.41, 5.74) is 0.504. The molecule has 0 bridgehead atoms. The highest BCUT2D eigenvalue weighted by atomic mass is 35.5. The lowest BCUT2D eigenvalue weighted by molar-refractivity contribution is -0.385. The molecule has 17 heavy (non-hydrogen) atoms. The standard InChI is InChI=1S/C10H10ClNO5/c1-6-2-3-9(8(4-6)12(15)16)17-5-7(11)10(13)14/h2-4,7H,5H2,1H3,(H,13,14). The molecule has 0 fully saturated rings. The summed E-state index contributed by atoms with van der Waals surface area (Å²) >= 11 is 5.43. The molecule has 1 atom stereocenters. The van der Waals surface area contributed by atoms with E-state index in [0.29, 0.717) is 5.56 Å². The Morgan fingerprint density at radius 2 is 2.29 bits per heavy atom. The zero-order valence-electron chi connectivity index (χ0n) is 8.92. The normalized spacial score (nSPS) is 11.9. The number of hydrogen-bond donors (Lipinski definition) is 1. The van der Waals surface area contributed by atoms with E-state index in [0.717, 1.165) is 0 Å². The predicted molar refractivity (Wildman–Crippen MR) is 60.6 cm³/mol. The Labute approximate surface area is 102 Å². The molecule has 0 amide bonds. The van der Waals surface area contributed by atoms with Crippen molar-refractivity contribution >= 4 is 23.3 Å². The number of nitro groups is 1. The molecule has 0 aliphatic heterocycles. The second-order valence-corrected chi connectivity index (χ2v) is 3.87. The number of carboxylic acid groups (broad SMARTS) is 1. The summed E-state index contributed by atoms with van der Waals surface area (Å²) in [5.74, 6) is -1.23. The van der Waals surface area contributed by atoms with E-state index in [1.54, 1.807) is 13.0 Å². The lowest BCUT2D eigenvalue weighted by atomic mass is 10.2. The van der Waals surface area contributed by atoms with E-state index in [1.807, 2.05) is 0 Å². The molecule has 1 aromatic rings. The van der Waals surface area contributed by atoms with E-state index in [-0.39, 0.29) is 18.0 Å². The van der Waals surface area contributed by atoms with Crippen LogP contribution in [0.2, 0.25) is 0 Å². The number of hydrogen-bond acceptors (Lipinski definition) is 4. The van der Waals surface area contributed by atoms with E-state index in [9.17, 15) is 14.9 Å². The molecular weight excluding hydrogens is 250 g/mol. The molecule has 0 saturated carbocycles. The van der Waals surface area contributed by atoms with Gasteiger partial charge in [0, 0.05) is 6.07 Å². The monoisotopic (exact) mass is 259 g/mol. The van der Waals surface area contributed by atoms with E-state index in [1.165, 1.54) is 12.1 Å². The fourth-order valence-electron chi connectivity index (χ4n) is 1.13. The predicted octanol–water partition coefficient (Wildman–Crippen LogP) is 1.97. The van der Waals surface area contributed by atoms with Crippen molar-refractivity contribution in [3.05, 3.63) is 33.9 Å². The zero-order valence-corrected chi connectivity index (χ0v) is 9.68. The lowest BCUT2D eigenvalue weighted by Crippen LogP contribution is -2.21. The zero-order chi connectivity index (χ0) is 13.0. The molecule has 1 aromatic carbocycles. The van der Waals surface area contributed by atoms with Crippen molar-refractivity contribution in [1.82, 2.24) is 0 Å². The minimum atomic E-state index is -1.24. The van der Waals surface area contributed by atoms with Gasteiger partial charge in [0.15, 0.2) is 11.1 Å². The second-order valence-electron chi connectivity index (χ2n) is 3.35. The first kappa shape index (κ1) is 13.2.